The third-order valence-electron chi connectivity index (χ3n) is 4.52. The lowest BCUT2D eigenvalue weighted by molar-refractivity contribution is -0.160. The number of ketones is 1. The number of ether oxygens (including phenoxy) is 1. The SMILES string of the molecule is CCCCc1ccc(C(=O)CCC(=O)OC(=O)C(C)c2ccccc2)cc1. The Labute approximate surface area is 160 Å². The second-order valence-electron chi connectivity index (χ2n) is 6.65. The molecule has 0 aromatic heterocycles. The average Bonchev–Trinajstić information content (AvgIpc) is 2.70. The maximum absolute atomic E-state index is 12.2. The number of carbonyl (C=O) groups is 3. The molecule has 1 atom stereocenters. The van der Waals surface area contributed by atoms with Gasteiger partial charge in [0.15, 0.2) is 5.78 Å². The van der Waals surface area contributed by atoms with E-state index in [4.69, 9.17) is 4.74 Å². The summed E-state index contributed by atoms with van der Waals surface area (Å²) >= 11 is 0. The molecule has 0 bridgehead atoms. The highest BCUT2D eigenvalue weighted by Gasteiger charge is 2.20. The van der Waals surface area contributed by atoms with Crippen LogP contribution in [0, 0.1) is 0 Å². The van der Waals surface area contributed by atoms with E-state index in [2.05, 4.69) is 6.92 Å². The molecule has 0 amide bonds. The van der Waals surface area contributed by atoms with Crippen LogP contribution in [-0.4, -0.2) is 17.7 Å². The smallest absolute Gasteiger partial charge is 0.320 e. The Hall–Kier alpha value is -2.75. The summed E-state index contributed by atoms with van der Waals surface area (Å²) < 4.78 is 4.89. The number of rotatable bonds is 9. The molecule has 1 unspecified atom stereocenters. The summed E-state index contributed by atoms with van der Waals surface area (Å²) in [7, 11) is 0. The highest BCUT2D eigenvalue weighted by atomic mass is 16.6. The van der Waals surface area contributed by atoms with Crippen molar-refractivity contribution in [3.63, 3.8) is 0 Å². The molecular formula is C23H26O4. The van der Waals surface area contributed by atoms with Crippen molar-refractivity contribution in [1.82, 2.24) is 0 Å². The molecule has 0 fully saturated rings. The fraction of sp³-hybridized carbons (Fsp3) is 0.348. The monoisotopic (exact) mass is 366 g/mol. The molecule has 0 aliphatic rings. The van der Waals surface area contributed by atoms with Crippen LogP contribution < -0.4 is 0 Å². The van der Waals surface area contributed by atoms with Gasteiger partial charge in [0.1, 0.15) is 0 Å². The van der Waals surface area contributed by atoms with E-state index in [1.165, 1.54) is 5.56 Å². The molecular weight excluding hydrogens is 340 g/mol. The van der Waals surface area contributed by atoms with Crippen LogP contribution in [0.5, 0.6) is 0 Å². The lowest BCUT2D eigenvalue weighted by atomic mass is 10.0. The van der Waals surface area contributed by atoms with Crippen LogP contribution in [0.4, 0.5) is 0 Å². The Morgan fingerprint density at radius 1 is 0.926 bits per heavy atom. The number of Topliss-reactive ketones (excluding diaryl/α,β-unsaturated/α-hetero) is 1. The van der Waals surface area contributed by atoms with Crippen molar-refractivity contribution in [3.05, 3.63) is 71.3 Å². The van der Waals surface area contributed by atoms with Crippen molar-refractivity contribution in [2.75, 3.05) is 0 Å². The Morgan fingerprint density at radius 3 is 2.22 bits per heavy atom. The van der Waals surface area contributed by atoms with Gasteiger partial charge in [0.2, 0.25) is 0 Å². The van der Waals surface area contributed by atoms with Crippen LogP contribution in [0.1, 0.15) is 66.9 Å². The van der Waals surface area contributed by atoms with E-state index >= 15 is 0 Å². The molecule has 0 N–H and O–H groups in total. The molecule has 0 saturated carbocycles. The Kier molecular flexibility index (Phi) is 7.93. The van der Waals surface area contributed by atoms with Gasteiger partial charge in [0.25, 0.3) is 0 Å². The lowest BCUT2D eigenvalue weighted by Gasteiger charge is -2.10. The minimum absolute atomic E-state index is 0.0279. The maximum Gasteiger partial charge on any atom is 0.320 e. The number of carbonyl (C=O) groups excluding carboxylic acids is 3. The van der Waals surface area contributed by atoms with Crippen LogP contribution in [0.15, 0.2) is 54.6 Å². The van der Waals surface area contributed by atoms with Gasteiger partial charge >= 0.3 is 11.9 Å². The molecule has 2 aromatic rings. The van der Waals surface area contributed by atoms with E-state index in [9.17, 15) is 14.4 Å². The van der Waals surface area contributed by atoms with E-state index in [0.29, 0.717) is 5.56 Å². The average molecular weight is 366 g/mol. The first-order chi connectivity index (χ1) is 13.0. The summed E-state index contributed by atoms with van der Waals surface area (Å²) in [6, 6.07) is 16.6. The van der Waals surface area contributed by atoms with Crippen molar-refractivity contribution in [2.24, 2.45) is 0 Å². The van der Waals surface area contributed by atoms with Gasteiger partial charge in [-0.2, -0.15) is 0 Å². The minimum Gasteiger partial charge on any atom is -0.393 e. The Bertz CT molecular complexity index is 763. The van der Waals surface area contributed by atoms with Crippen molar-refractivity contribution >= 4 is 17.7 Å². The van der Waals surface area contributed by atoms with Crippen LogP contribution in [0.3, 0.4) is 0 Å². The molecule has 142 valence electrons. The Balaban J connectivity index is 1.80. The van der Waals surface area contributed by atoms with Crippen molar-refractivity contribution in [2.45, 2.75) is 51.9 Å². The largest absolute Gasteiger partial charge is 0.393 e. The third-order valence-corrected chi connectivity index (χ3v) is 4.52. The molecule has 0 saturated heterocycles. The predicted octanol–water partition coefficient (Wildman–Crippen LogP) is 4.87. The number of esters is 2. The van der Waals surface area contributed by atoms with Crippen LogP contribution >= 0.6 is 0 Å². The maximum atomic E-state index is 12.2. The minimum atomic E-state index is -0.671. The molecule has 4 heteroatoms. The standard InChI is InChI=1S/C23H26O4/c1-3-4-8-18-11-13-20(14-12-18)21(24)15-16-22(25)27-23(26)17(2)19-9-6-5-7-10-19/h5-7,9-14,17H,3-4,8,15-16H2,1-2H3. The van der Waals surface area contributed by atoms with E-state index < -0.39 is 17.9 Å². The number of benzene rings is 2. The first-order valence-electron chi connectivity index (χ1n) is 9.43. The molecule has 0 aliphatic carbocycles. The number of aryl methyl sites for hydroxylation is 1. The first-order valence-corrected chi connectivity index (χ1v) is 9.43. The molecule has 2 rings (SSSR count). The van der Waals surface area contributed by atoms with Gasteiger partial charge in [0, 0.05) is 12.0 Å². The molecule has 4 nitrogen and oxygen atoms in total. The zero-order valence-corrected chi connectivity index (χ0v) is 15.9. The summed E-state index contributed by atoms with van der Waals surface area (Å²) in [4.78, 5) is 36.2. The van der Waals surface area contributed by atoms with Gasteiger partial charge in [-0.15, -0.1) is 0 Å². The second kappa shape index (κ2) is 10.4. The van der Waals surface area contributed by atoms with Gasteiger partial charge in [-0.3, -0.25) is 14.4 Å². The molecule has 0 aliphatic heterocycles. The molecule has 27 heavy (non-hydrogen) atoms. The number of unbranched alkanes of at least 4 members (excludes halogenated alkanes) is 1. The highest BCUT2D eigenvalue weighted by Crippen LogP contribution is 2.17. The van der Waals surface area contributed by atoms with Crippen molar-refractivity contribution in [3.8, 4) is 0 Å². The van der Waals surface area contributed by atoms with E-state index in [-0.39, 0.29) is 18.6 Å². The zero-order chi connectivity index (χ0) is 19.6. The van der Waals surface area contributed by atoms with Gasteiger partial charge in [-0.05, 0) is 30.9 Å². The number of hydrogen-bond acceptors (Lipinski definition) is 4. The van der Waals surface area contributed by atoms with Gasteiger partial charge < -0.3 is 4.74 Å². The van der Waals surface area contributed by atoms with E-state index in [1.54, 1.807) is 19.1 Å². The van der Waals surface area contributed by atoms with Crippen LogP contribution in [0.2, 0.25) is 0 Å². The fourth-order valence-electron chi connectivity index (χ4n) is 2.73. The van der Waals surface area contributed by atoms with Crippen molar-refractivity contribution < 1.29 is 19.1 Å². The summed E-state index contributed by atoms with van der Waals surface area (Å²) in [6.45, 7) is 3.83. The summed E-state index contributed by atoms with van der Waals surface area (Å²) in [6.07, 6.45) is 3.17. The first kappa shape index (κ1) is 20.6. The lowest BCUT2D eigenvalue weighted by Crippen LogP contribution is -2.18. The van der Waals surface area contributed by atoms with Crippen molar-refractivity contribution in [1.29, 1.82) is 0 Å². The highest BCUT2D eigenvalue weighted by molar-refractivity contribution is 5.98. The Morgan fingerprint density at radius 2 is 1.59 bits per heavy atom. The summed E-state index contributed by atoms with van der Waals surface area (Å²) in [5.41, 5.74) is 2.56. The number of hydrogen-bond donors (Lipinski definition) is 0. The van der Waals surface area contributed by atoms with Crippen LogP contribution in [-0.2, 0) is 20.7 Å². The molecule has 2 aromatic carbocycles. The van der Waals surface area contributed by atoms with Gasteiger partial charge in [0.05, 0.1) is 12.3 Å². The molecule has 0 radical (unpaired) electrons. The van der Waals surface area contributed by atoms with E-state index in [0.717, 1.165) is 24.8 Å². The fourth-order valence-corrected chi connectivity index (χ4v) is 2.73. The molecule has 0 heterocycles. The summed E-state index contributed by atoms with van der Waals surface area (Å²) in [5, 5.41) is 0. The van der Waals surface area contributed by atoms with Gasteiger partial charge in [-0.25, -0.2) is 0 Å². The van der Waals surface area contributed by atoms with Gasteiger partial charge in [-0.1, -0.05) is 67.9 Å². The van der Waals surface area contributed by atoms with Crippen LogP contribution in [0.25, 0.3) is 0 Å². The third kappa shape index (κ3) is 6.48. The normalized spacial score (nSPS) is 11.6. The summed E-state index contributed by atoms with van der Waals surface area (Å²) in [5.74, 6) is -1.92. The quantitative estimate of drug-likeness (QED) is 0.361. The topological polar surface area (TPSA) is 60.4 Å². The predicted molar refractivity (Wildman–Crippen MR) is 105 cm³/mol. The molecule has 0 spiro atoms. The van der Waals surface area contributed by atoms with E-state index in [1.807, 2.05) is 42.5 Å². The zero-order valence-electron chi connectivity index (χ0n) is 15.9. The second-order valence-corrected chi connectivity index (χ2v) is 6.65.